The zero-order chi connectivity index (χ0) is 20.8. The number of nitrogens with zero attached hydrogens (tertiary/aromatic N) is 3. The van der Waals surface area contributed by atoms with Gasteiger partial charge in [-0.1, -0.05) is 24.3 Å². The molecule has 4 N–H and O–H groups in total. The van der Waals surface area contributed by atoms with Crippen LogP contribution in [0.2, 0.25) is 0 Å². The van der Waals surface area contributed by atoms with Crippen molar-refractivity contribution in [3.63, 3.8) is 0 Å². The van der Waals surface area contributed by atoms with Crippen LogP contribution in [-0.2, 0) is 11.2 Å². The van der Waals surface area contributed by atoms with Gasteiger partial charge in [0.1, 0.15) is 12.1 Å². The quantitative estimate of drug-likeness (QED) is 0.486. The van der Waals surface area contributed by atoms with Gasteiger partial charge in [0.05, 0.1) is 16.8 Å². The van der Waals surface area contributed by atoms with Crippen molar-refractivity contribution in [3.8, 4) is 11.3 Å². The number of carbonyl (C=O) groups is 1. The zero-order valence-corrected chi connectivity index (χ0v) is 16.2. The van der Waals surface area contributed by atoms with Crippen molar-refractivity contribution in [3.05, 3.63) is 71.4 Å². The minimum absolute atomic E-state index is 0.0485. The molecule has 0 aliphatic heterocycles. The Balaban J connectivity index is 1.65. The molecule has 2 unspecified atom stereocenters. The SMILES string of the molecule is CC(=O)Nc1cc(F)cc(-c2[nH]nc3ncnc(C4Cc5ccccc5C4N)c23)c1. The molecule has 2 aromatic carbocycles. The van der Waals surface area contributed by atoms with Gasteiger partial charge in [-0.15, -0.1) is 0 Å². The van der Waals surface area contributed by atoms with E-state index < -0.39 is 5.82 Å². The van der Waals surface area contributed by atoms with E-state index in [1.807, 2.05) is 18.2 Å². The van der Waals surface area contributed by atoms with Gasteiger partial charge in [0.25, 0.3) is 0 Å². The van der Waals surface area contributed by atoms with Crippen LogP contribution in [0.15, 0.2) is 48.8 Å². The molecule has 8 heteroatoms. The van der Waals surface area contributed by atoms with E-state index in [-0.39, 0.29) is 17.9 Å². The summed E-state index contributed by atoms with van der Waals surface area (Å²) < 4.78 is 14.3. The van der Waals surface area contributed by atoms with E-state index in [1.165, 1.54) is 30.9 Å². The van der Waals surface area contributed by atoms with Gasteiger partial charge in [-0.05, 0) is 35.7 Å². The summed E-state index contributed by atoms with van der Waals surface area (Å²) in [5.41, 5.74) is 11.6. The number of rotatable bonds is 3. The molecule has 7 nitrogen and oxygen atoms in total. The van der Waals surface area contributed by atoms with Gasteiger partial charge >= 0.3 is 0 Å². The molecule has 1 aliphatic rings. The molecule has 1 amide bonds. The summed E-state index contributed by atoms with van der Waals surface area (Å²) in [5, 5.41) is 10.6. The Morgan fingerprint density at radius 3 is 2.87 bits per heavy atom. The lowest BCUT2D eigenvalue weighted by Crippen LogP contribution is -2.16. The highest BCUT2D eigenvalue weighted by Crippen LogP contribution is 2.43. The first-order valence-corrected chi connectivity index (χ1v) is 9.62. The van der Waals surface area contributed by atoms with Crippen molar-refractivity contribution in [2.45, 2.75) is 25.3 Å². The molecule has 2 aromatic heterocycles. The minimum Gasteiger partial charge on any atom is -0.326 e. The smallest absolute Gasteiger partial charge is 0.221 e. The minimum atomic E-state index is -0.470. The van der Waals surface area contributed by atoms with Crippen LogP contribution < -0.4 is 11.1 Å². The number of halogens is 1. The standard InChI is InChI=1S/C22H19FN6O/c1-11(30)27-15-7-13(6-14(23)9-15)20-18-21(25-10-26-22(18)29-28-20)17-8-12-4-2-3-5-16(12)19(17)24/h2-7,9-10,17,19H,8,24H2,1H3,(H,27,30)(H,25,26,28,29). The number of nitrogens with two attached hydrogens (primary N) is 1. The van der Waals surface area contributed by atoms with Crippen LogP contribution in [0.5, 0.6) is 0 Å². The fourth-order valence-corrected chi connectivity index (χ4v) is 4.27. The lowest BCUT2D eigenvalue weighted by atomic mass is 9.93. The molecule has 0 spiro atoms. The molecular weight excluding hydrogens is 383 g/mol. The van der Waals surface area contributed by atoms with Crippen LogP contribution in [0.25, 0.3) is 22.3 Å². The summed E-state index contributed by atoms with van der Waals surface area (Å²) >= 11 is 0. The van der Waals surface area contributed by atoms with Gasteiger partial charge in [-0.3, -0.25) is 9.89 Å². The molecule has 0 radical (unpaired) electrons. The van der Waals surface area contributed by atoms with E-state index in [0.29, 0.717) is 28.0 Å². The van der Waals surface area contributed by atoms with E-state index in [9.17, 15) is 9.18 Å². The first-order chi connectivity index (χ1) is 14.5. The lowest BCUT2D eigenvalue weighted by molar-refractivity contribution is -0.114. The summed E-state index contributed by atoms with van der Waals surface area (Å²) in [6.45, 7) is 1.38. The van der Waals surface area contributed by atoms with E-state index in [4.69, 9.17) is 5.73 Å². The molecule has 0 saturated heterocycles. The number of anilines is 1. The molecule has 1 aliphatic carbocycles. The molecule has 2 heterocycles. The maximum Gasteiger partial charge on any atom is 0.221 e. The number of hydrogen-bond acceptors (Lipinski definition) is 5. The average Bonchev–Trinajstić information content (AvgIpc) is 3.29. The maximum absolute atomic E-state index is 14.3. The van der Waals surface area contributed by atoms with Crippen molar-refractivity contribution >= 4 is 22.6 Å². The molecule has 0 bridgehead atoms. The van der Waals surface area contributed by atoms with Gasteiger partial charge in [0, 0.05) is 30.1 Å². The van der Waals surface area contributed by atoms with Crippen LogP contribution in [0.4, 0.5) is 10.1 Å². The van der Waals surface area contributed by atoms with Crippen LogP contribution in [0.1, 0.15) is 35.7 Å². The number of aromatic amines is 1. The Kier molecular flexibility index (Phi) is 4.29. The lowest BCUT2D eigenvalue weighted by Gasteiger charge is -2.17. The zero-order valence-electron chi connectivity index (χ0n) is 16.2. The average molecular weight is 402 g/mol. The molecule has 0 saturated carbocycles. The molecular formula is C22H19FN6O. The highest BCUT2D eigenvalue weighted by molar-refractivity contribution is 5.95. The van der Waals surface area contributed by atoms with E-state index in [0.717, 1.165) is 17.7 Å². The largest absolute Gasteiger partial charge is 0.326 e. The van der Waals surface area contributed by atoms with Crippen molar-refractivity contribution < 1.29 is 9.18 Å². The Morgan fingerprint density at radius 2 is 2.07 bits per heavy atom. The molecule has 30 heavy (non-hydrogen) atoms. The molecule has 150 valence electrons. The number of fused-ring (bicyclic) bond motifs is 2. The highest BCUT2D eigenvalue weighted by atomic mass is 19.1. The van der Waals surface area contributed by atoms with Gasteiger partial charge in [0.2, 0.25) is 5.91 Å². The summed E-state index contributed by atoms with van der Waals surface area (Å²) in [4.78, 5) is 20.2. The second kappa shape index (κ2) is 7.00. The Labute approximate surface area is 171 Å². The topological polar surface area (TPSA) is 110 Å². The van der Waals surface area contributed by atoms with Crippen LogP contribution in [0.3, 0.4) is 0 Å². The molecule has 5 rings (SSSR count). The van der Waals surface area contributed by atoms with Gasteiger partial charge in [0.15, 0.2) is 5.65 Å². The van der Waals surface area contributed by atoms with Crippen LogP contribution in [0, 0.1) is 5.82 Å². The summed E-state index contributed by atoms with van der Waals surface area (Å²) in [5.74, 6) is -0.797. The number of nitrogens with one attached hydrogen (secondary N) is 2. The van der Waals surface area contributed by atoms with Crippen molar-refractivity contribution in [1.82, 2.24) is 20.2 Å². The van der Waals surface area contributed by atoms with Crippen molar-refractivity contribution in [1.29, 1.82) is 0 Å². The predicted molar refractivity (Wildman–Crippen MR) is 111 cm³/mol. The normalized spacial score (nSPS) is 17.8. The Bertz CT molecular complexity index is 1280. The van der Waals surface area contributed by atoms with E-state index in [1.54, 1.807) is 6.07 Å². The van der Waals surface area contributed by atoms with Gasteiger partial charge in [-0.2, -0.15) is 5.10 Å². The second-order valence-corrected chi connectivity index (χ2v) is 7.50. The summed E-state index contributed by atoms with van der Waals surface area (Å²) in [7, 11) is 0. The van der Waals surface area contributed by atoms with Crippen LogP contribution in [-0.4, -0.2) is 26.1 Å². The van der Waals surface area contributed by atoms with Crippen LogP contribution >= 0.6 is 0 Å². The number of amides is 1. The first kappa shape index (κ1) is 18.4. The fourth-order valence-electron chi connectivity index (χ4n) is 4.27. The van der Waals surface area contributed by atoms with E-state index in [2.05, 4.69) is 31.5 Å². The highest BCUT2D eigenvalue weighted by Gasteiger charge is 2.34. The third kappa shape index (κ3) is 3.02. The molecule has 4 aromatic rings. The number of H-pyrrole nitrogens is 1. The first-order valence-electron chi connectivity index (χ1n) is 9.62. The third-order valence-electron chi connectivity index (χ3n) is 5.53. The summed E-state index contributed by atoms with van der Waals surface area (Å²) in [6.07, 6.45) is 2.24. The summed E-state index contributed by atoms with van der Waals surface area (Å²) in [6, 6.07) is 12.3. The Morgan fingerprint density at radius 1 is 1.23 bits per heavy atom. The third-order valence-corrected chi connectivity index (χ3v) is 5.53. The van der Waals surface area contributed by atoms with Crippen molar-refractivity contribution in [2.24, 2.45) is 5.73 Å². The number of carbonyl (C=O) groups excluding carboxylic acids is 1. The van der Waals surface area contributed by atoms with E-state index >= 15 is 0 Å². The number of hydrogen-bond donors (Lipinski definition) is 3. The number of benzene rings is 2. The fraction of sp³-hybridized carbons (Fsp3) is 0.182. The number of aromatic nitrogens is 4. The maximum atomic E-state index is 14.3. The molecule has 0 fully saturated rings. The molecule has 2 atom stereocenters. The van der Waals surface area contributed by atoms with Gasteiger partial charge in [-0.25, -0.2) is 14.4 Å². The van der Waals surface area contributed by atoms with Crippen molar-refractivity contribution in [2.75, 3.05) is 5.32 Å². The second-order valence-electron chi connectivity index (χ2n) is 7.50. The Hall–Kier alpha value is -3.65. The monoisotopic (exact) mass is 402 g/mol. The predicted octanol–water partition coefficient (Wildman–Crippen LogP) is 3.46. The van der Waals surface area contributed by atoms with Gasteiger partial charge < -0.3 is 11.1 Å².